The summed E-state index contributed by atoms with van der Waals surface area (Å²) in [5, 5.41) is 56.5. The average Bonchev–Trinajstić information content (AvgIpc) is 0.665. The Labute approximate surface area is 805 Å². The van der Waals surface area contributed by atoms with Crippen molar-refractivity contribution < 1.29 is 167 Å². The van der Waals surface area contributed by atoms with Crippen molar-refractivity contribution in [2.75, 3.05) is 136 Å². The molecule has 118 heavy (non-hydrogen) atoms. The summed E-state index contributed by atoms with van der Waals surface area (Å²) in [5.74, 6) is -19.1. The van der Waals surface area contributed by atoms with Crippen molar-refractivity contribution in [2.24, 2.45) is 57.6 Å². The third-order valence-electron chi connectivity index (χ3n) is 20.5. The van der Waals surface area contributed by atoms with E-state index in [2.05, 4.69) is 0 Å². The van der Waals surface area contributed by atoms with Crippen LogP contribution >= 0.6 is 0 Å². The number of nitrogens with zero attached hydrogens (tertiary/aromatic N) is 5. The van der Waals surface area contributed by atoms with Gasteiger partial charge < -0.3 is 72.9 Å². The quantitative estimate of drug-likeness (QED) is 0.0586. The highest BCUT2D eigenvalue weighted by Crippen LogP contribution is 2.51. The highest BCUT2D eigenvalue weighted by Gasteiger charge is 2.46. The molecule has 10 aliphatic rings. The highest BCUT2D eigenvalue weighted by atomic mass is 16.5. The maximum absolute atomic E-state index is 11.4. The van der Waals surface area contributed by atoms with Crippen LogP contribution in [0, 0.1) is 57.6 Å². The van der Waals surface area contributed by atoms with E-state index < -0.39 is 330 Å². The second kappa shape index (κ2) is 39.9. The van der Waals surface area contributed by atoms with Crippen molar-refractivity contribution in [2.45, 2.75) is 246 Å². The van der Waals surface area contributed by atoms with Crippen molar-refractivity contribution in [3.63, 3.8) is 0 Å². The lowest BCUT2D eigenvalue weighted by Crippen LogP contribution is -2.48. The number of benzene rings is 5. The zero-order valence-corrected chi connectivity index (χ0v) is 67.6. The Hall–Kier alpha value is -6.30. The lowest BCUT2D eigenvalue weighted by Gasteiger charge is -2.47. The van der Waals surface area contributed by atoms with Crippen LogP contribution < -0.4 is 47.4 Å². The van der Waals surface area contributed by atoms with Crippen LogP contribution in [0.4, 0.5) is 0 Å². The number of ether oxygens (including phenoxy) is 10. The van der Waals surface area contributed by atoms with Crippen molar-refractivity contribution >= 4 is 0 Å². The van der Waals surface area contributed by atoms with Gasteiger partial charge in [0.15, 0.2) is 57.5 Å². The Morgan fingerprint density at radius 1 is 0.339 bits per heavy atom. The summed E-state index contributed by atoms with van der Waals surface area (Å²) in [4.78, 5) is 6.51. The third kappa shape index (κ3) is 22.2. The van der Waals surface area contributed by atoms with Gasteiger partial charge in [0.1, 0.15) is 0 Å². The Morgan fingerprint density at radius 2 is 0.525 bits per heavy atom. The molecule has 15 unspecified atom stereocenters. The van der Waals surface area contributed by atoms with Gasteiger partial charge in [-0.3, -0.25) is 24.5 Å². The molecule has 0 saturated carbocycles. The van der Waals surface area contributed by atoms with E-state index in [0.29, 0.717) is 20.8 Å². The molecule has 0 spiro atoms. The van der Waals surface area contributed by atoms with Gasteiger partial charge in [0.25, 0.3) is 0 Å². The fourth-order valence-corrected chi connectivity index (χ4v) is 15.4. The van der Waals surface area contributed by atoms with Crippen LogP contribution in [0.3, 0.4) is 0 Å². The van der Waals surface area contributed by atoms with Gasteiger partial charge in [0.2, 0.25) is 0 Å². The Bertz CT molecular complexity index is 7340. The molecule has 0 amide bonds. The van der Waals surface area contributed by atoms with Gasteiger partial charge in [0, 0.05) is 149 Å². The fourth-order valence-electron chi connectivity index (χ4n) is 15.4. The number of methoxy groups -OCH3 is 10. The zero-order valence-electron chi connectivity index (χ0n) is 137. The molecule has 5 fully saturated rings. The molecule has 5 saturated heterocycles. The molecule has 15 atom stereocenters. The minimum atomic E-state index is -3.85. The number of aliphatic hydroxyl groups is 5. The van der Waals surface area contributed by atoms with Crippen molar-refractivity contribution in [3.8, 4) is 57.5 Å². The van der Waals surface area contributed by atoms with Crippen LogP contribution in [0.5, 0.6) is 57.5 Å². The summed E-state index contributed by atoms with van der Waals surface area (Å²) in [6.07, 6.45) is -43.8. The molecule has 10 aliphatic heterocycles. The summed E-state index contributed by atoms with van der Waals surface area (Å²) in [5.41, 5.74) is -10.5. The molecular formula is C98H151N5O15. The van der Waals surface area contributed by atoms with Crippen LogP contribution in [0.15, 0.2) is 60.4 Å². The van der Waals surface area contributed by atoms with Gasteiger partial charge in [-0.05, 0) is 270 Å². The SMILES string of the molecule is [2H]c1c2c(c([2H])c(OC([2H])([2H])[2H])c1OC([2H])([2H])[2H])C1N(CC2)CC([2H])(CC(C)C)C([2H])(O)C1([2H])[2H].[2H]c1c2c(c([2H])c(OC([2H])([2H])[2H])c1OC)C1N(CC2)CC([2H])(C([2H])([2H])C(C)(C([2H])([2H])[2H])C([2H])([2H])[2H])C([2H])(O)C1([2H])[2H].[2H]c1c2c(c([2H])c(OC)c1OC([2H])([2H])[2H])C1N(CC2)CC([2H])(C([2H])([2H])C(C)(C([2H])([2H])[2H])C([2H])([2H])[2H])C([2H])(O)C1([2H])[2H].[2H]c1c2c(c([2H])c(OC)c1OC([2H])([2H])[2H])C1N(CC2)CC([2H])(CC(C)C)C([2H])(O)C1([2H])[2H].[2H]c1c2c(c([2H])c(OC)c1OC)C1N(CC2)CC([2H])(C([2H])([2H])C(C)(C([2H])([2H])[2H])C([2H])([2H])[2H])C([2H])(O)C1([2H])[2H]. The minimum absolute atomic E-state index is 0.000907. The topological polar surface area (TPSA) is 210 Å². The molecule has 5 aromatic carbocycles. The second-order valence-electron chi connectivity index (χ2n) is 30.7. The standard InChI is InChI=1S/3C20H31NO3.2C19H29NO3/c3*1-20(2,3)11-14-12-21-7-6-13-8-18(23-4)19(24-5)9-15(13)16(21)10-17(14)22;2*1-12(2)7-14-11-20-6-5-13-8-18(22-3)19(23-4)9-15(13)16(20)10-17(14)21/h3*8-9,14,16-17,22H,6-7,10-12H2,1-5H3;2*8-9,12,14,16-17,21H,5-7,10-11H2,1-4H3/i1D3,2D3,5D3,8D,9D,10D2,11D2,14D,17D;1D3,2D3,4D3,8D,9D,10D2,11D2,14D,17D;1D3,2D3,8D,9D,10D2,11D2,14D,17D;3D3,4D3,8D,9D,10D2,14D,17D;3D3,8D,9D,10D2,14D,17D. The maximum Gasteiger partial charge on any atom is 0.161 e. The number of fused-ring (bicyclic) bond motifs is 15. The molecule has 20 heteroatoms. The zero-order chi connectivity index (χ0) is 145. The van der Waals surface area contributed by atoms with Crippen molar-refractivity contribution in [3.05, 3.63) is 116 Å². The molecule has 0 aromatic heterocycles. The molecule has 0 bridgehead atoms. The van der Waals surface area contributed by atoms with Gasteiger partial charge in [0.05, 0.1) is 142 Å². The molecule has 5 N–H and O–H groups in total. The predicted octanol–water partition coefficient (Wildman–Crippen LogP) is 16.3. The lowest BCUT2D eigenvalue weighted by molar-refractivity contribution is -0.0259. The number of hydrogen-bond acceptors (Lipinski definition) is 20. The number of hydrogen-bond donors (Lipinski definition) is 5. The first-order valence-electron chi connectivity index (χ1n) is 72.4. The highest BCUT2D eigenvalue weighted by molar-refractivity contribution is 5.54. The van der Waals surface area contributed by atoms with Gasteiger partial charge in [-0.15, -0.1) is 0 Å². The van der Waals surface area contributed by atoms with E-state index in [-0.39, 0.29) is 200 Å². The lowest BCUT2D eigenvalue weighted by atomic mass is 9.75. The first-order chi connectivity index (χ1) is 83.2. The summed E-state index contributed by atoms with van der Waals surface area (Å²) >= 11 is 0. The normalized spacial score (nSPS) is 45.9. The molecule has 15 rings (SSSR count). The smallest absolute Gasteiger partial charge is 0.161 e. The van der Waals surface area contributed by atoms with E-state index >= 15 is 0 Å². The van der Waals surface area contributed by atoms with Crippen LogP contribution in [0.25, 0.3) is 0 Å². The number of piperidine rings is 5. The molecule has 10 heterocycles. The predicted molar refractivity (Wildman–Crippen MR) is 470 cm³/mol. The molecule has 658 valence electrons. The molecular weight excluding hydrogens is 1490 g/mol. The van der Waals surface area contributed by atoms with Gasteiger partial charge in [-0.25, -0.2) is 0 Å². The first-order valence-corrected chi connectivity index (χ1v) is 37.9. The summed E-state index contributed by atoms with van der Waals surface area (Å²) in [6, 6.07) is -13.0. The first kappa shape index (κ1) is 37.6. The van der Waals surface area contributed by atoms with E-state index in [1.165, 1.54) is 31.1 Å². The van der Waals surface area contributed by atoms with E-state index in [4.69, 9.17) is 142 Å². The summed E-state index contributed by atoms with van der Waals surface area (Å²) in [6.45, 7) is -16.1. The van der Waals surface area contributed by atoms with Crippen LogP contribution in [0.1, 0.15) is 334 Å². The van der Waals surface area contributed by atoms with E-state index in [0.717, 1.165) is 24.0 Å². The third-order valence-corrected chi connectivity index (χ3v) is 20.5. The Morgan fingerprint density at radius 3 is 0.720 bits per heavy atom. The minimum Gasteiger partial charge on any atom is -0.493 e. The van der Waals surface area contributed by atoms with Crippen molar-refractivity contribution in [1.82, 2.24) is 24.5 Å². The summed E-state index contributed by atoms with van der Waals surface area (Å²) in [7, 11) is -9.45. The summed E-state index contributed by atoms with van der Waals surface area (Å²) < 4.78 is 618. The molecule has 0 aliphatic carbocycles. The van der Waals surface area contributed by atoms with Gasteiger partial charge in [-0.2, -0.15) is 0 Å². The second-order valence-corrected chi connectivity index (χ2v) is 30.7. The van der Waals surface area contributed by atoms with Crippen LogP contribution in [-0.4, -0.2) is 217 Å². The molecule has 5 aromatic rings. The van der Waals surface area contributed by atoms with E-state index in [1.54, 1.807) is 18.7 Å². The number of rotatable bonds is 17. The Kier molecular flexibility index (Phi) is 12.7. The van der Waals surface area contributed by atoms with Crippen LogP contribution in [0.2, 0.25) is 0 Å². The van der Waals surface area contributed by atoms with Crippen molar-refractivity contribution in [1.29, 1.82) is 0 Å². The fraction of sp³-hybridized carbons (Fsp3) is 0.694. The van der Waals surface area contributed by atoms with E-state index in [1.807, 2.05) is 13.8 Å². The van der Waals surface area contributed by atoms with Gasteiger partial charge >= 0.3 is 0 Å². The largest absolute Gasteiger partial charge is 0.493 e. The molecule has 20 nitrogen and oxygen atoms in total. The monoisotopic (exact) mass is 1710 g/mol. The van der Waals surface area contributed by atoms with Gasteiger partial charge in [-0.1, -0.05) is 89.6 Å². The molecule has 0 radical (unpaired) electrons. The Balaban J connectivity index is 0.000000217. The van der Waals surface area contributed by atoms with Crippen LogP contribution in [-0.2, 0) is 32.1 Å². The van der Waals surface area contributed by atoms with E-state index in [9.17, 15) is 25.5 Å². The average molecular weight is 1710 g/mol. The maximum atomic E-state index is 11.4.